The van der Waals surface area contributed by atoms with Gasteiger partial charge in [-0.2, -0.15) is 10.1 Å². The Morgan fingerprint density at radius 3 is 2.80 bits per heavy atom. The highest BCUT2D eigenvalue weighted by atomic mass is 35.5. The summed E-state index contributed by atoms with van der Waals surface area (Å²) >= 11 is 6.51. The zero-order chi connectivity index (χ0) is 20.8. The molecule has 5 rings (SSSR count). The Morgan fingerprint density at radius 2 is 2.03 bits per heavy atom. The van der Waals surface area contributed by atoms with Crippen molar-refractivity contribution >= 4 is 39.6 Å². The fourth-order valence-corrected chi connectivity index (χ4v) is 4.30. The number of rotatable bonds is 4. The number of hydrogen-bond acceptors (Lipinski definition) is 5. The lowest BCUT2D eigenvalue weighted by atomic mass is 9.87. The van der Waals surface area contributed by atoms with Crippen molar-refractivity contribution in [3.8, 4) is 17.3 Å². The van der Waals surface area contributed by atoms with E-state index in [4.69, 9.17) is 21.4 Å². The van der Waals surface area contributed by atoms with Crippen molar-refractivity contribution in [2.45, 2.75) is 31.8 Å². The average molecular weight is 426 g/mol. The number of aryl methyl sites for hydroxylation is 1. The van der Waals surface area contributed by atoms with Crippen LogP contribution in [0.4, 0.5) is 0 Å². The van der Waals surface area contributed by atoms with Crippen LogP contribution in [0.15, 0.2) is 30.5 Å². The zero-order valence-electron chi connectivity index (χ0n) is 16.3. The summed E-state index contributed by atoms with van der Waals surface area (Å²) in [5, 5.41) is 14.9. The minimum Gasteiger partial charge on any atom is -0.481 e. The molecule has 1 aliphatic rings. The third kappa shape index (κ3) is 3.37. The Balaban J connectivity index is 1.40. The van der Waals surface area contributed by atoms with E-state index < -0.39 is 5.97 Å². The molecule has 1 saturated carbocycles. The monoisotopic (exact) mass is 425 g/mol. The van der Waals surface area contributed by atoms with Crippen molar-refractivity contribution < 1.29 is 14.6 Å². The molecule has 8 nitrogen and oxygen atoms in total. The highest BCUT2D eigenvalue weighted by molar-refractivity contribution is 6.33. The van der Waals surface area contributed by atoms with Gasteiger partial charge in [0.2, 0.25) is 0 Å². The molecule has 3 aromatic heterocycles. The number of aliphatic carboxylic acids is 1. The Bertz CT molecular complexity index is 1260. The van der Waals surface area contributed by atoms with Crippen LogP contribution in [0.3, 0.4) is 0 Å². The van der Waals surface area contributed by atoms with E-state index in [-0.39, 0.29) is 12.0 Å². The lowest BCUT2D eigenvalue weighted by Crippen LogP contribution is -2.28. The van der Waals surface area contributed by atoms with Crippen LogP contribution in [0.25, 0.3) is 33.3 Å². The molecule has 4 aromatic rings. The Hall–Kier alpha value is -3.13. The summed E-state index contributed by atoms with van der Waals surface area (Å²) in [5.74, 6) is -1.01. The first-order chi connectivity index (χ1) is 14.5. The van der Waals surface area contributed by atoms with Gasteiger partial charge >= 0.3 is 5.97 Å². The predicted molar refractivity (Wildman–Crippen MR) is 113 cm³/mol. The van der Waals surface area contributed by atoms with Gasteiger partial charge in [0, 0.05) is 18.0 Å². The van der Waals surface area contributed by atoms with Gasteiger partial charge in [-0.15, -0.1) is 0 Å². The summed E-state index contributed by atoms with van der Waals surface area (Å²) in [4.78, 5) is 23.4. The molecule has 0 aliphatic heterocycles. The number of carboxylic acid groups (broad SMARTS) is 1. The van der Waals surface area contributed by atoms with Gasteiger partial charge in [-0.3, -0.25) is 14.5 Å². The summed E-state index contributed by atoms with van der Waals surface area (Å²) in [6.07, 6.45) is 4.38. The highest BCUT2D eigenvalue weighted by Crippen LogP contribution is 2.32. The number of fused-ring (bicyclic) bond motifs is 2. The van der Waals surface area contributed by atoms with Gasteiger partial charge in [0.15, 0.2) is 5.65 Å². The largest absolute Gasteiger partial charge is 0.481 e. The number of benzene rings is 1. The Morgan fingerprint density at radius 1 is 1.23 bits per heavy atom. The number of halogens is 1. The summed E-state index contributed by atoms with van der Waals surface area (Å²) in [6, 6.07) is 8.13. The Labute approximate surface area is 176 Å². The first-order valence-corrected chi connectivity index (χ1v) is 10.2. The maximum absolute atomic E-state index is 11.1. The van der Waals surface area contributed by atoms with E-state index >= 15 is 0 Å². The van der Waals surface area contributed by atoms with Crippen molar-refractivity contribution in [1.82, 2.24) is 24.7 Å². The SMILES string of the molecule is Cn1ncc2cc(-c3nc4[nH]c(O[C@H]5CC[C@H](C(=O)O)CC5)nc4cc3Cl)ccc21. The average Bonchev–Trinajstić information content (AvgIpc) is 3.29. The molecule has 1 aromatic carbocycles. The first kappa shape index (κ1) is 18.9. The van der Waals surface area contributed by atoms with Gasteiger partial charge in [-0.25, -0.2) is 4.98 Å². The number of carbonyl (C=O) groups is 1. The van der Waals surface area contributed by atoms with Crippen LogP contribution in [0, 0.1) is 5.92 Å². The standard InChI is InChI=1S/C21H20ClN5O3/c1-27-17-7-4-12(8-13(17)10-23-27)18-15(22)9-16-19(25-18)26-21(24-16)30-14-5-2-11(3-6-14)20(28)29/h4,7-11,14H,2-3,5-6H2,1H3,(H,28,29)(H,24,25,26)/t11-,14-. The van der Waals surface area contributed by atoms with Gasteiger partial charge < -0.3 is 9.84 Å². The number of nitrogens with one attached hydrogen (secondary N) is 1. The van der Waals surface area contributed by atoms with Crippen LogP contribution >= 0.6 is 11.6 Å². The minimum atomic E-state index is -0.729. The second-order valence-electron chi connectivity index (χ2n) is 7.70. The summed E-state index contributed by atoms with van der Waals surface area (Å²) in [6.45, 7) is 0. The van der Waals surface area contributed by atoms with Crippen molar-refractivity contribution in [2.24, 2.45) is 13.0 Å². The van der Waals surface area contributed by atoms with Gasteiger partial charge in [0.25, 0.3) is 6.01 Å². The van der Waals surface area contributed by atoms with Crippen LogP contribution in [0.1, 0.15) is 25.7 Å². The molecule has 9 heteroatoms. The van der Waals surface area contributed by atoms with Gasteiger partial charge in [-0.05, 0) is 43.9 Å². The molecule has 0 saturated heterocycles. The number of H-pyrrole nitrogens is 1. The van der Waals surface area contributed by atoms with Gasteiger partial charge in [0.05, 0.1) is 28.3 Å². The molecule has 30 heavy (non-hydrogen) atoms. The number of aromatic amines is 1. The number of ether oxygens (including phenoxy) is 1. The highest BCUT2D eigenvalue weighted by Gasteiger charge is 2.27. The molecule has 0 amide bonds. The summed E-state index contributed by atoms with van der Waals surface area (Å²) in [5.41, 5.74) is 3.81. The molecule has 154 valence electrons. The van der Waals surface area contributed by atoms with Crippen molar-refractivity contribution in [2.75, 3.05) is 0 Å². The second-order valence-corrected chi connectivity index (χ2v) is 8.11. The normalized spacial score (nSPS) is 19.4. The molecule has 1 aliphatic carbocycles. The fraction of sp³-hybridized carbons (Fsp3) is 0.333. The van der Waals surface area contributed by atoms with Crippen molar-refractivity contribution in [3.63, 3.8) is 0 Å². The van der Waals surface area contributed by atoms with Gasteiger partial charge in [0.1, 0.15) is 11.6 Å². The molecular formula is C21H20ClN5O3. The van der Waals surface area contributed by atoms with Crippen LogP contribution in [0.5, 0.6) is 6.01 Å². The lowest BCUT2D eigenvalue weighted by Gasteiger charge is -2.25. The predicted octanol–water partition coefficient (Wildman–Crippen LogP) is 4.19. The van der Waals surface area contributed by atoms with E-state index in [1.165, 1.54) is 0 Å². The molecule has 0 atom stereocenters. The van der Waals surface area contributed by atoms with Gasteiger partial charge in [-0.1, -0.05) is 17.7 Å². The second kappa shape index (κ2) is 7.28. The maximum atomic E-state index is 11.1. The molecule has 2 N–H and O–H groups in total. The molecule has 0 bridgehead atoms. The van der Waals surface area contributed by atoms with E-state index in [9.17, 15) is 4.79 Å². The van der Waals surface area contributed by atoms with Crippen LogP contribution in [-0.2, 0) is 11.8 Å². The zero-order valence-corrected chi connectivity index (χ0v) is 17.1. The van der Waals surface area contributed by atoms with Crippen molar-refractivity contribution in [1.29, 1.82) is 0 Å². The minimum absolute atomic E-state index is 0.0518. The number of nitrogens with zero attached hydrogens (tertiary/aromatic N) is 4. The molecule has 0 radical (unpaired) electrons. The summed E-state index contributed by atoms with van der Waals surface area (Å²) in [7, 11) is 1.90. The smallest absolute Gasteiger partial charge is 0.306 e. The number of carboxylic acids is 1. The molecular weight excluding hydrogens is 406 g/mol. The Kier molecular flexibility index (Phi) is 4.58. The van der Waals surface area contributed by atoms with E-state index in [1.54, 1.807) is 6.07 Å². The summed E-state index contributed by atoms with van der Waals surface area (Å²) < 4.78 is 7.78. The molecule has 1 fully saturated rings. The third-order valence-electron chi connectivity index (χ3n) is 5.72. The third-order valence-corrected chi connectivity index (χ3v) is 6.01. The number of imidazole rings is 1. The topological polar surface area (TPSA) is 106 Å². The van der Waals surface area contributed by atoms with Crippen LogP contribution in [0.2, 0.25) is 5.02 Å². The van der Waals surface area contributed by atoms with E-state index in [0.29, 0.717) is 53.6 Å². The van der Waals surface area contributed by atoms with E-state index in [2.05, 4.69) is 20.1 Å². The van der Waals surface area contributed by atoms with Crippen molar-refractivity contribution in [3.05, 3.63) is 35.5 Å². The number of aromatic nitrogens is 5. The quantitative estimate of drug-likeness (QED) is 0.508. The van der Waals surface area contributed by atoms with E-state index in [1.807, 2.05) is 36.1 Å². The fourth-order valence-electron chi connectivity index (χ4n) is 4.05. The molecule has 0 unspecified atom stereocenters. The van der Waals surface area contributed by atoms with Crippen LogP contribution in [-0.4, -0.2) is 41.9 Å². The lowest BCUT2D eigenvalue weighted by molar-refractivity contribution is -0.143. The number of pyridine rings is 1. The van der Waals surface area contributed by atoms with E-state index in [0.717, 1.165) is 16.5 Å². The molecule has 0 spiro atoms. The maximum Gasteiger partial charge on any atom is 0.306 e. The number of hydrogen-bond donors (Lipinski definition) is 2. The first-order valence-electron chi connectivity index (χ1n) is 9.86. The molecule has 3 heterocycles. The van der Waals surface area contributed by atoms with Crippen LogP contribution < -0.4 is 4.74 Å².